The summed E-state index contributed by atoms with van der Waals surface area (Å²) < 4.78 is 32.3. The van der Waals surface area contributed by atoms with Gasteiger partial charge in [0.15, 0.2) is 22.7 Å². The number of aromatic hydroxyl groups is 1. The van der Waals surface area contributed by atoms with E-state index in [1.165, 1.54) is 20.3 Å². The Morgan fingerprint density at radius 1 is 0.909 bits per heavy atom. The van der Waals surface area contributed by atoms with E-state index in [0.29, 0.717) is 0 Å². The number of hydrogen-bond acceptors (Lipinski definition) is 12. The van der Waals surface area contributed by atoms with Crippen molar-refractivity contribution >= 4 is 32.7 Å². The maximum atomic E-state index is 12.9. The summed E-state index contributed by atoms with van der Waals surface area (Å²) in [5.74, 6) is -0.806. The molecule has 4 aromatic rings. The van der Waals surface area contributed by atoms with Crippen LogP contribution < -0.4 is 25.5 Å². The normalized spacial score (nSPS) is 23.1. The molecule has 174 valence electrons. The van der Waals surface area contributed by atoms with Gasteiger partial charge in [-0.15, -0.1) is 0 Å². The molecule has 1 saturated heterocycles. The molecule has 0 aliphatic carbocycles. The Balaban J connectivity index is 1.81. The molecule has 3 heterocycles. The molecule has 0 bridgehead atoms. The highest BCUT2D eigenvalue weighted by Crippen LogP contribution is 2.46. The minimum atomic E-state index is -1.52. The summed E-state index contributed by atoms with van der Waals surface area (Å²) in [7, 11) is 2.53. The van der Waals surface area contributed by atoms with E-state index in [1.807, 2.05) is 0 Å². The van der Waals surface area contributed by atoms with Crippen LogP contribution in [0.3, 0.4) is 0 Å². The average Bonchev–Trinajstić information content (AvgIpc) is 3.06. The topological polar surface area (TPSA) is 178 Å². The lowest BCUT2D eigenvalue weighted by Crippen LogP contribution is -2.35. The highest BCUT2D eigenvalue weighted by atomic mass is 16.7. The highest BCUT2D eigenvalue weighted by Gasteiger charge is 2.44. The van der Waals surface area contributed by atoms with E-state index in [2.05, 4.69) is 0 Å². The summed E-state index contributed by atoms with van der Waals surface area (Å²) in [6.07, 6.45) is -5.45. The number of aliphatic hydroxyl groups is 3. The van der Waals surface area contributed by atoms with Gasteiger partial charge in [0.25, 0.3) is 0 Å². The first kappa shape index (κ1) is 21.3. The molecule has 0 amide bonds. The zero-order valence-corrected chi connectivity index (χ0v) is 17.2. The van der Waals surface area contributed by atoms with Gasteiger partial charge < -0.3 is 48.2 Å². The minimum absolute atomic E-state index is 0.0521. The number of rotatable bonds is 5. The van der Waals surface area contributed by atoms with Crippen LogP contribution in [0, 0.1) is 0 Å². The van der Waals surface area contributed by atoms with Gasteiger partial charge in [0.05, 0.1) is 31.6 Å². The van der Waals surface area contributed by atoms with Gasteiger partial charge in [-0.25, -0.2) is 9.59 Å². The molecule has 0 radical (unpaired) electrons. The summed E-state index contributed by atoms with van der Waals surface area (Å²) in [5.41, 5.74) is -2.02. The SMILES string of the molecule is COc1c(O)cc2c(=O)oc3c(OC)c(O[C@@H]4O[C@@H](CO)[C@H](O)[C@H]4O)cc4c(=O)oc1c2c34. The molecule has 1 aliphatic heterocycles. The molecule has 12 nitrogen and oxygen atoms in total. The van der Waals surface area contributed by atoms with Crippen LogP contribution in [-0.2, 0) is 4.74 Å². The van der Waals surface area contributed by atoms with Gasteiger partial charge in [0, 0.05) is 10.8 Å². The lowest BCUT2D eigenvalue weighted by molar-refractivity contribution is -0.117. The third-order valence-electron chi connectivity index (χ3n) is 5.65. The molecule has 5 rings (SSSR count). The second-order valence-electron chi connectivity index (χ2n) is 7.44. The molecule has 1 fully saturated rings. The second kappa shape index (κ2) is 7.49. The molecule has 4 atom stereocenters. The van der Waals surface area contributed by atoms with E-state index in [0.717, 1.165) is 6.07 Å². The van der Waals surface area contributed by atoms with Crippen LogP contribution in [0.25, 0.3) is 32.7 Å². The summed E-state index contributed by atoms with van der Waals surface area (Å²) in [6, 6.07) is 2.39. The molecular weight excluding hydrogens is 444 g/mol. The van der Waals surface area contributed by atoms with Gasteiger partial charge in [-0.05, 0) is 12.1 Å². The Bertz CT molecular complexity index is 1480. The van der Waals surface area contributed by atoms with E-state index >= 15 is 0 Å². The van der Waals surface area contributed by atoms with Crippen molar-refractivity contribution in [3.63, 3.8) is 0 Å². The number of aliphatic hydroxyl groups excluding tert-OH is 3. The zero-order valence-electron chi connectivity index (χ0n) is 17.2. The molecule has 0 unspecified atom stereocenters. The summed E-state index contributed by atoms with van der Waals surface area (Å²) in [6.45, 7) is -0.567. The van der Waals surface area contributed by atoms with Crippen LogP contribution in [0.2, 0.25) is 0 Å². The summed E-state index contributed by atoms with van der Waals surface area (Å²) in [4.78, 5) is 25.6. The van der Waals surface area contributed by atoms with Crippen molar-refractivity contribution in [2.75, 3.05) is 20.8 Å². The van der Waals surface area contributed by atoms with Crippen LogP contribution >= 0.6 is 0 Å². The van der Waals surface area contributed by atoms with E-state index in [9.17, 15) is 30.0 Å². The lowest BCUT2D eigenvalue weighted by atomic mass is 10.0. The van der Waals surface area contributed by atoms with Crippen LogP contribution in [0.5, 0.6) is 23.0 Å². The molecule has 2 aromatic carbocycles. The quantitative estimate of drug-likeness (QED) is 0.231. The fourth-order valence-electron chi connectivity index (χ4n) is 4.12. The van der Waals surface area contributed by atoms with Crippen LogP contribution in [0.15, 0.2) is 30.6 Å². The summed E-state index contributed by atoms with van der Waals surface area (Å²) >= 11 is 0. The molecule has 0 saturated carbocycles. The van der Waals surface area contributed by atoms with Crippen molar-refractivity contribution < 1.29 is 48.2 Å². The Labute approximate surface area is 183 Å². The van der Waals surface area contributed by atoms with Gasteiger partial charge >= 0.3 is 11.3 Å². The maximum absolute atomic E-state index is 12.9. The first-order chi connectivity index (χ1) is 15.8. The highest BCUT2D eigenvalue weighted by molar-refractivity contribution is 6.22. The average molecular weight is 462 g/mol. The number of benzene rings is 2. The van der Waals surface area contributed by atoms with Crippen molar-refractivity contribution in [2.24, 2.45) is 0 Å². The Kier molecular flexibility index (Phi) is 4.83. The summed E-state index contributed by atoms with van der Waals surface area (Å²) in [5, 5.41) is 39.9. The molecule has 2 aromatic heterocycles. The number of phenols is 1. The van der Waals surface area contributed by atoms with Crippen LogP contribution in [0.4, 0.5) is 0 Å². The third kappa shape index (κ3) is 2.92. The Morgan fingerprint density at radius 3 is 2.03 bits per heavy atom. The first-order valence-corrected chi connectivity index (χ1v) is 9.73. The smallest absolute Gasteiger partial charge is 0.344 e. The molecule has 1 aliphatic rings. The third-order valence-corrected chi connectivity index (χ3v) is 5.65. The number of ether oxygens (including phenoxy) is 4. The Hall–Kier alpha value is -3.58. The molecule has 12 heteroatoms. The van der Waals surface area contributed by atoms with E-state index < -0.39 is 48.2 Å². The fraction of sp³-hybridized carbons (Fsp3) is 0.333. The van der Waals surface area contributed by atoms with E-state index in [1.54, 1.807) is 0 Å². The number of methoxy groups -OCH3 is 2. The van der Waals surface area contributed by atoms with Gasteiger partial charge in [-0.3, -0.25) is 0 Å². The molecule has 33 heavy (non-hydrogen) atoms. The molecule has 0 spiro atoms. The largest absolute Gasteiger partial charge is 0.504 e. The fourth-order valence-corrected chi connectivity index (χ4v) is 4.12. The predicted octanol–water partition coefficient (Wildman–Crippen LogP) is 0.0310. The Morgan fingerprint density at radius 2 is 1.48 bits per heavy atom. The van der Waals surface area contributed by atoms with Gasteiger partial charge in [0.2, 0.25) is 17.8 Å². The second-order valence-corrected chi connectivity index (χ2v) is 7.44. The lowest BCUT2D eigenvalue weighted by Gasteiger charge is -2.20. The van der Waals surface area contributed by atoms with Crippen LogP contribution in [0.1, 0.15) is 0 Å². The zero-order chi connectivity index (χ0) is 23.6. The monoisotopic (exact) mass is 462 g/mol. The van der Waals surface area contributed by atoms with E-state index in [-0.39, 0.29) is 50.0 Å². The van der Waals surface area contributed by atoms with Crippen molar-refractivity contribution in [3.05, 3.63) is 33.0 Å². The molecule has 4 N–H and O–H groups in total. The van der Waals surface area contributed by atoms with Gasteiger partial charge in [-0.2, -0.15) is 0 Å². The van der Waals surface area contributed by atoms with Crippen molar-refractivity contribution in [3.8, 4) is 23.0 Å². The molecular formula is C21H18O12. The van der Waals surface area contributed by atoms with E-state index in [4.69, 9.17) is 27.8 Å². The van der Waals surface area contributed by atoms with Crippen LogP contribution in [-0.4, -0.2) is 65.9 Å². The van der Waals surface area contributed by atoms with Crippen molar-refractivity contribution in [1.29, 1.82) is 0 Å². The van der Waals surface area contributed by atoms with Crippen molar-refractivity contribution in [2.45, 2.75) is 24.6 Å². The van der Waals surface area contributed by atoms with Gasteiger partial charge in [-0.1, -0.05) is 0 Å². The number of hydrogen-bond donors (Lipinski definition) is 4. The maximum Gasteiger partial charge on any atom is 0.344 e. The first-order valence-electron chi connectivity index (χ1n) is 9.73. The predicted molar refractivity (Wildman–Crippen MR) is 110 cm³/mol. The van der Waals surface area contributed by atoms with Gasteiger partial charge in [0.1, 0.15) is 18.3 Å². The minimum Gasteiger partial charge on any atom is -0.504 e. The standard InChI is InChI=1S/C21H18O12/c1-28-15-8(23)3-6-11-12-7(20(27)32-17(11)15)4-9(16(29-2)18(12)33-19(6)26)30-21-14(25)13(24)10(5-22)31-21/h3-4,10,13-14,21-25H,5H2,1-2H3/t10-,13-,14+,21+/m0/s1. The van der Waals surface area contributed by atoms with Crippen molar-refractivity contribution in [1.82, 2.24) is 0 Å². The number of phenolic OH excluding ortho intramolecular Hbond substituents is 1.